The number of nitrogens with one attached hydrogen (secondary N) is 1. The third kappa shape index (κ3) is 6.42. The minimum absolute atomic E-state index is 0.0355. The fourth-order valence-corrected chi connectivity index (χ4v) is 7.76. The third-order valence-corrected chi connectivity index (χ3v) is 10.1. The summed E-state index contributed by atoms with van der Waals surface area (Å²) in [6.45, 7) is 6.11. The van der Waals surface area contributed by atoms with E-state index in [1.165, 1.54) is 0 Å². The number of morpholine rings is 1. The van der Waals surface area contributed by atoms with E-state index < -0.39 is 17.2 Å². The normalized spacial score (nSPS) is 31.6. The summed E-state index contributed by atoms with van der Waals surface area (Å²) in [6.07, 6.45) is -0.781. The number of rotatable bonds is 7. The fraction of sp³-hybridized carbons (Fsp3) is 0.767. The smallest absolute Gasteiger partial charge is 0.379 e. The molecule has 5 aliphatic rings. The van der Waals surface area contributed by atoms with Gasteiger partial charge in [-0.25, -0.2) is 0 Å². The van der Waals surface area contributed by atoms with Crippen molar-refractivity contribution in [3.8, 4) is 0 Å². The van der Waals surface area contributed by atoms with Crippen LogP contribution in [0.3, 0.4) is 0 Å². The van der Waals surface area contributed by atoms with Gasteiger partial charge in [0, 0.05) is 96.3 Å². The number of nitrogens with zero attached hydrogens (tertiary/aromatic N) is 4. The van der Waals surface area contributed by atoms with E-state index in [9.17, 15) is 22.8 Å². The molecule has 4 fully saturated rings. The molecule has 5 atom stereocenters. The maximum absolute atomic E-state index is 14.5. The molecule has 0 spiro atoms. The molecular formula is C30H42F3N5O5. The van der Waals surface area contributed by atoms with E-state index in [1.807, 2.05) is 4.90 Å². The Morgan fingerprint density at radius 3 is 2.74 bits per heavy atom. The quantitative estimate of drug-likeness (QED) is 0.500. The molecule has 1 aliphatic carbocycles. The van der Waals surface area contributed by atoms with Gasteiger partial charge < -0.3 is 29.3 Å². The second-order valence-electron chi connectivity index (χ2n) is 12.7. The molecule has 0 radical (unpaired) electrons. The van der Waals surface area contributed by atoms with Gasteiger partial charge in [-0.3, -0.25) is 19.5 Å². The van der Waals surface area contributed by atoms with E-state index in [2.05, 4.69) is 15.2 Å². The van der Waals surface area contributed by atoms with Crippen LogP contribution in [0.5, 0.6) is 0 Å². The van der Waals surface area contributed by atoms with Crippen LogP contribution in [0.1, 0.15) is 42.5 Å². The number of amides is 2. The first kappa shape index (κ1) is 30.7. The number of likely N-dealkylation sites (tertiary alicyclic amines) is 1. The molecule has 10 nitrogen and oxygen atoms in total. The first-order valence-electron chi connectivity index (χ1n) is 15.4. The van der Waals surface area contributed by atoms with E-state index in [-0.39, 0.29) is 42.5 Å². The third-order valence-electron chi connectivity index (χ3n) is 10.1. The second-order valence-corrected chi connectivity index (χ2v) is 12.7. The highest BCUT2D eigenvalue weighted by Crippen LogP contribution is 2.51. The number of aromatic nitrogens is 1. The number of halogens is 3. The molecule has 1 N–H and O–H groups in total. The van der Waals surface area contributed by atoms with Crippen LogP contribution < -0.4 is 5.32 Å². The summed E-state index contributed by atoms with van der Waals surface area (Å²) in [4.78, 5) is 37.8. The van der Waals surface area contributed by atoms with Crippen molar-refractivity contribution in [2.45, 2.75) is 63.0 Å². The second kappa shape index (κ2) is 12.6. The Balaban J connectivity index is 1.19. The minimum atomic E-state index is -4.50. The van der Waals surface area contributed by atoms with Gasteiger partial charge in [0.15, 0.2) is 0 Å². The lowest BCUT2D eigenvalue weighted by Gasteiger charge is -2.38. The van der Waals surface area contributed by atoms with E-state index >= 15 is 0 Å². The topological polar surface area (TPSA) is 96.5 Å². The zero-order valence-corrected chi connectivity index (χ0v) is 24.7. The summed E-state index contributed by atoms with van der Waals surface area (Å²) < 4.78 is 57.0. The Bertz CT molecular complexity index is 1180. The molecular weight excluding hydrogens is 567 g/mol. The predicted octanol–water partition coefficient (Wildman–Crippen LogP) is 1.71. The largest absolute Gasteiger partial charge is 0.417 e. The van der Waals surface area contributed by atoms with Gasteiger partial charge >= 0.3 is 6.18 Å². The summed E-state index contributed by atoms with van der Waals surface area (Å²) in [5.41, 5.74) is -0.541. The van der Waals surface area contributed by atoms with Gasteiger partial charge in [-0.15, -0.1) is 0 Å². The Kier molecular flexibility index (Phi) is 8.98. The number of methoxy groups -OCH3 is 1. The molecule has 3 saturated heterocycles. The molecule has 0 bridgehead atoms. The number of hydrogen-bond donors (Lipinski definition) is 1. The SMILES string of the molecule is COC1COCCC1N[C@H]1C[C@@H]2CN(C(=O)CCN3CCOCC3)C[C@@]2(C(=O)N2CCc3ncc(C(F)(F)F)cc3C2)C1. The van der Waals surface area contributed by atoms with Crippen LogP contribution in [0, 0.1) is 11.3 Å². The van der Waals surface area contributed by atoms with Gasteiger partial charge in [0.1, 0.15) is 0 Å². The number of carbonyl (C=O) groups excluding carboxylic acids is 2. The van der Waals surface area contributed by atoms with E-state index in [1.54, 1.807) is 12.0 Å². The molecule has 238 valence electrons. The van der Waals surface area contributed by atoms with Crippen molar-refractivity contribution in [2.75, 3.05) is 72.8 Å². The fourth-order valence-electron chi connectivity index (χ4n) is 7.76. The first-order valence-corrected chi connectivity index (χ1v) is 15.4. The van der Waals surface area contributed by atoms with E-state index in [0.29, 0.717) is 83.1 Å². The first-order chi connectivity index (χ1) is 20.7. The Labute approximate surface area is 250 Å². The molecule has 1 saturated carbocycles. The van der Waals surface area contributed by atoms with Crippen LogP contribution >= 0.6 is 0 Å². The van der Waals surface area contributed by atoms with Crippen molar-refractivity contribution < 1.29 is 37.0 Å². The number of ether oxygens (including phenoxy) is 3. The Morgan fingerprint density at radius 1 is 1.16 bits per heavy atom. The van der Waals surface area contributed by atoms with Gasteiger partial charge in [-0.05, 0) is 36.8 Å². The Hall–Kier alpha value is -2.32. The van der Waals surface area contributed by atoms with Gasteiger partial charge in [0.2, 0.25) is 11.8 Å². The summed E-state index contributed by atoms with van der Waals surface area (Å²) in [6, 6.07) is 1.30. The van der Waals surface area contributed by atoms with Gasteiger partial charge in [0.25, 0.3) is 0 Å². The maximum Gasteiger partial charge on any atom is 0.417 e. The average Bonchev–Trinajstić information content (AvgIpc) is 3.54. The minimum Gasteiger partial charge on any atom is -0.379 e. The number of hydrogen-bond acceptors (Lipinski definition) is 8. The van der Waals surface area contributed by atoms with Gasteiger partial charge in [0.05, 0.1) is 36.9 Å². The van der Waals surface area contributed by atoms with Gasteiger partial charge in [-0.2, -0.15) is 13.2 Å². The van der Waals surface area contributed by atoms with Crippen molar-refractivity contribution in [2.24, 2.45) is 11.3 Å². The maximum atomic E-state index is 14.5. The molecule has 6 rings (SSSR count). The molecule has 0 aromatic carbocycles. The molecule has 13 heteroatoms. The van der Waals surface area contributed by atoms with Gasteiger partial charge in [-0.1, -0.05) is 0 Å². The predicted molar refractivity (Wildman–Crippen MR) is 149 cm³/mol. The van der Waals surface area contributed by atoms with Crippen LogP contribution in [-0.2, 0) is 42.9 Å². The van der Waals surface area contributed by atoms with Crippen molar-refractivity contribution in [1.29, 1.82) is 0 Å². The highest BCUT2D eigenvalue weighted by atomic mass is 19.4. The van der Waals surface area contributed by atoms with Crippen LogP contribution in [0.4, 0.5) is 13.2 Å². The summed E-state index contributed by atoms with van der Waals surface area (Å²) in [7, 11) is 1.68. The van der Waals surface area contributed by atoms with Crippen molar-refractivity contribution in [3.63, 3.8) is 0 Å². The zero-order chi connectivity index (χ0) is 30.2. The lowest BCUT2D eigenvalue weighted by Crippen LogP contribution is -2.52. The standard InChI is InChI=1S/C30H42F3N5O5/c1-41-26-18-43-9-4-25(26)35-23-13-22-17-38(27(39)3-5-36-7-10-42-11-8-36)19-29(22,14-23)28(40)37-6-2-24-20(16-37)12-21(15-34-24)30(31,32)33/h12,15,22-23,25-26,35H,2-11,13-14,16-19H2,1H3/t22-,23+,25?,26?,29+/m1/s1. The molecule has 4 aliphatic heterocycles. The van der Waals surface area contributed by atoms with Crippen molar-refractivity contribution in [3.05, 3.63) is 29.1 Å². The molecule has 43 heavy (non-hydrogen) atoms. The summed E-state index contributed by atoms with van der Waals surface area (Å²) in [5.74, 6) is -0.0558. The summed E-state index contributed by atoms with van der Waals surface area (Å²) >= 11 is 0. The average molecular weight is 610 g/mol. The molecule has 1 aromatic heterocycles. The van der Waals surface area contributed by atoms with Crippen molar-refractivity contribution in [1.82, 2.24) is 25.0 Å². The highest BCUT2D eigenvalue weighted by molar-refractivity contribution is 5.86. The van der Waals surface area contributed by atoms with E-state index in [0.717, 1.165) is 38.2 Å². The monoisotopic (exact) mass is 609 g/mol. The number of carbonyl (C=O) groups is 2. The Morgan fingerprint density at radius 2 is 1.98 bits per heavy atom. The molecule has 1 aromatic rings. The lowest BCUT2D eigenvalue weighted by molar-refractivity contribution is -0.144. The van der Waals surface area contributed by atoms with Crippen LogP contribution in [0.2, 0.25) is 0 Å². The lowest BCUT2D eigenvalue weighted by atomic mass is 9.78. The molecule has 5 heterocycles. The molecule has 2 amide bonds. The van der Waals surface area contributed by atoms with Crippen molar-refractivity contribution >= 4 is 11.8 Å². The van der Waals surface area contributed by atoms with Crippen LogP contribution in [0.25, 0.3) is 0 Å². The number of pyridine rings is 1. The zero-order valence-electron chi connectivity index (χ0n) is 24.7. The molecule has 2 unspecified atom stereocenters. The van der Waals surface area contributed by atoms with Crippen LogP contribution in [0.15, 0.2) is 12.3 Å². The number of alkyl halides is 3. The highest BCUT2D eigenvalue weighted by Gasteiger charge is 2.59. The number of fused-ring (bicyclic) bond motifs is 2. The van der Waals surface area contributed by atoms with Crippen LogP contribution in [-0.4, -0.2) is 122 Å². The summed E-state index contributed by atoms with van der Waals surface area (Å²) in [5, 5.41) is 3.75. The van der Waals surface area contributed by atoms with E-state index in [4.69, 9.17) is 14.2 Å².